The van der Waals surface area contributed by atoms with Gasteiger partial charge in [0, 0.05) is 13.2 Å². The van der Waals surface area contributed by atoms with Gasteiger partial charge in [-0.15, -0.1) is 0 Å². The van der Waals surface area contributed by atoms with Crippen molar-refractivity contribution >= 4 is 11.3 Å². The summed E-state index contributed by atoms with van der Waals surface area (Å²) in [6.45, 7) is 3.20. The van der Waals surface area contributed by atoms with Crippen LogP contribution in [0.1, 0.15) is 44.6 Å². The molecule has 1 atom stereocenters. The first-order valence-electron chi connectivity index (χ1n) is 7.10. The summed E-state index contributed by atoms with van der Waals surface area (Å²) in [5, 5.41) is 8.09. The fourth-order valence-corrected chi connectivity index (χ4v) is 3.86. The van der Waals surface area contributed by atoms with E-state index in [9.17, 15) is 0 Å². The SMILES string of the molecule is CCNC(Cc1ccsc1)C1(OC)CCCCC1. The number of hydrogen-bond acceptors (Lipinski definition) is 3. The molecule has 3 heteroatoms. The number of likely N-dealkylation sites (N-methyl/N-ethyl adjacent to an activating group) is 1. The molecule has 1 N–H and O–H groups in total. The Balaban J connectivity index is 2.10. The van der Waals surface area contributed by atoms with E-state index in [0.29, 0.717) is 6.04 Å². The maximum atomic E-state index is 5.98. The molecule has 0 amide bonds. The molecule has 0 saturated heterocycles. The number of methoxy groups -OCH3 is 1. The van der Waals surface area contributed by atoms with Crippen molar-refractivity contribution in [3.8, 4) is 0 Å². The van der Waals surface area contributed by atoms with Gasteiger partial charge in [-0.1, -0.05) is 26.2 Å². The summed E-state index contributed by atoms with van der Waals surface area (Å²) in [6.07, 6.45) is 7.46. The first-order chi connectivity index (χ1) is 8.80. The van der Waals surface area contributed by atoms with Gasteiger partial charge in [0.15, 0.2) is 0 Å². The van der Waals surface area contributed by atoms with Crippen LogP contribution in [0, 0.1) is 0 Å². The van der Waals surface area contributed by atoms with Gasteiger partial charge in [-0.25, -0.2) is 0 Å². The van der Waals surface area contributed by atoms with Gasteiger partial charge in [-0.3, -0.25) is 0 Å². The van der Waals surface area contributed by atoms with E-state index in [1.165, 1.54) is 37.7 Å². The van der Waals surface area contributed by atoms with Crippen LogP contribution in [0.5, 0.6) is 0 Å². The maximum absolute atomic E-state index is 5.98. The van der Waals surface area contributed by atoms with Gasteiger partial charge in [0.2, 0.25) is 0 Å². The van der Waals surface area contributed by atoms with Gasteiger partial charge < -0.3 is 10.1 Å². The van der Waals surface area contributed by atoms with E-state index in [0.717, 1.165) is 13.0 Å². The highest BCUT2D eigenvalue weighted by Crippen LogP contribution is 2.35. The summed E-state index contributed by atoms with van der Waals surface area (Å²) >= 11 is 1.78. The molecule has 0 aromatic carbocycles. The number of hydrogen-bond donors (Lipinski definition) is 1. The molecule has 2 nitrogen and oxygen atoms in total. The number of rotatable bonds is 6. The normalized spacial score (nSPS) is 20.8. The lowest BCUT2D eigenvalue weighted by Crippen LogP contribution is -2.54. The lowest BCUT2D eigenvalue weighted by molar-refractivity contribution is -0.0669. The smallest absolute Gasteiger partial charge is 0.0834 e. The second-order valence-electron chi connectivity index (χ2n) is 5.28. The van der Waals surface area contributed by atoms with Crippen LogP contribution in [0.15, 0.2) is 16.8 Å². The topological polar surface area (TPSA) is 21.3 Å². The summed E-state index contributed by atoms with van der Waals surface area (Å²) in [6, 6.07) is 2.68. The molecule has 1 fully saturated rings. The van der Waals surface area contributed by atoms with Gasteiger partial charge in [-0.2, -0.15) is 11.3 Å². The van der Waals surface area contributed by atoms with Crippen LogP contribution in [-0.4, -0.2) is 25.3 Å². The van der Waals surface area contributed by atoms with Crippen molar-refractivity contribution in [2.75, 3.05) is 13.7 Å². The van der Waals surface area contributed by atoms with Crippen molar-refractivity contribution in [2.24, 2.45) is 0 Å². The molecule has 18 heavy (non-hydrogen) atoms. The van der Waals surface area contributed by atoms with E-state index < -0.39 is 0 Å². The van der Waals surface area contributed by atoms with Crippen LogP contribution in [-0.2, 0) is 11.2 Å². The van der Waals surface area contributed by atoms with Gasteiger partial charge in [0.25, 0.3) is 0 Å². The van der Waals surface area contributed by atoms with Crippen molar-refractivity contribution in [1.29, 1.82) is 0 Å². The predicted octanol–water partition coefficient (Wildman–Crippen LogP) is 3.62. The molecule has 1 saturated carbocycles. The second-order valence-corrected chi connectivity index (χ2v) is 6.06. The molecule has 2 rings (SSSR count). The molecule has 102 valence electrons. The third kappa shape index (κ3) is 3.14. The van der Waals surface area contributed by atoms with Crippen molar-refractivity contribution in [2.45, 2.75) is 57.1 Å². The van der Waals surface area contributed by atoms with Gasteiger partial charge in [0.05, 0.1) is 5.60 Å². The fraction of sp³-hybridized carbons (Fsp3) is 0.733. The molecule has 1 aliphatic rings. The first-order valence-corrected chi connectivity index (χ1v) is 8.04. The Labute approximate surface area is 115 Å². The first kappa shape index (κ1) is 14.0. The molecule has 1 aromatic heterocycles. The highest BCUT2D eigenvalue weighted by atomic mass is 32.1. The zero-order valence-corrected chi connectivity index (χ0v) is 12.4. The molecular weight excluding hydrogens is 242 g/mol. The highest BCUT2D eigenvalue weighted by Gasteiger charge is 2.39. The second kappa shape index (κ2) is 6.69. The van der Waals surface area contributed by atoms with E-state index in [1.54, 1.807) is 11.3 Å². The molecule has 0 radical (unpaired) electrons. The van der Waals surface area contributed by atoms with Gasteiger partial charge in [0.1, 0.15) is 0 Å². The Hall–Kier alpha value is -0.380. The fourth-order valence-electron chi connectivity index (χ4n) is 3.18. The zero-order chi connectivity index (χ0) is 12.8. The molecule has 0 aliphatic heterocycles. The van der Waals surface area contributed by atoms with Gasteiger partial charge >= 0.3 is 0 Å². The molecule has 1 unspecified atom stereocenters. The monoisotopic (exact) mass is 267 g/mol. The van der Waals surface area contributed by atoms with E-state index in [4.69, 9.17) is 4.74 Å². The maximum Gasteiger partial charge on any atom is 0.0834 e. The lowest BCUT2D eigenvalue weighted by atomic mass is 9.77. The third-order valence-electron chi connectivity index (χ3n) is 4.21. The zero-order valence-electron chi connectivity index (χ0n) is 11.6. The van der Waals surface area contributed by atoms with Crippen molar-refractivity contribution in [3.05, 3.63) is 22.4 Å². The Morgan fingerprint density at radius 2 is 2.17 bits per heavy atom. The van der Waals surface area contributed by atoms with Crippen LogP contribution in [0.25, 0.3) is 0 Å². The Bertz CT molecular complexity index is 330. The van der Waals surface area contributed by atoms with Crippen LogP contribution in [0.3, 0.4) is 0 Å². The average molecular weight is 267 g/mol. The molecule has 0 bridgehead atoms. The summed E-state index contributed by atoms with van der Waals surface area (Å²) in [5.74, 6) is 0. The van der Waals surface area contributed by atoms with E-state index in [2.05, 4.69) is 29.1 Å². The molecular formula is C15H25NOS. The van der Waals surface area contributed by atoms with Gasteiger partial charge in [-0.05, 0) is 48.2 Å². The summed E-state index contributed by atoms with van der Waals surface area (Å²) in [7, 11) is 1.89. The van der Waals surface area contributed by atoms with Crippen molar-refractivity contribution in [1.82, 2.24) is 5.32 Å². The summed E-state index contributed by atoms with van der Waals surface area (Å²) in [5.41, 5.74) is 1.49. The van der Waals surface area contributed by atoms with Crippen molar-refractivity contribution in [3.63, 3.8) is 0 Å². The molecule has 1 aromatic rings. The van der Waals surface area contributed by atoms with Crippen LogP contribution in [0.4, 0.5) is 0 Å². The summed E-state index contributed by atoms with van der Waals surface area (Å²) in [4.78, 5) is 0. The number of thiophene rings is 1. The predicted molar refractivity (Wildman–Crippen MR) is 78.3 cm³/mol. The summed E-state index contributed by atoms with van der Waals surface area (Å²) < 4.78 is 5.98. The highest BCUT2D eigenvalue weighted by molar-refractivity contribution is 7.07. The van der Waals surface area contributed by atoms with Crippen LogP contribution in [0.2, 0.25) is 0 Å². The molecule has 0 spiro atoms. The Morgan fingerprint density at radius 3 is 2.72 bits per heavy atom. The standard InChI is InChI=1S/C15H25NOS/c1-3-16-14(11-13-7-10-18-12-13)15(17-2)8-5-4-6-9-15/h7,10,12,14,16H,3-6,8-9,11H2,1-2H3. The van der Waals surface area contributed by atoms with Crippen LogP contribution < -0.4 is 5.32 Å². The van der Waals surface area contributed by atoms with E-state index in [-0.39, 0.29) is 5.60 Å². The number of ether oxygens (including phenoxy) is 1. The quantitative estimate of drug-likeness (QED) is 0.850. The Morgan fingerprint density at radius 1 is 1.39 bits per heavy atom. The molecule has 1 heterocycles. The average Bonchev–Trinajstić information content (AvgIpc) is 2.92. The van der Waals surface area contributed by atoms with Crippen LogP contribution >= 0.6 is 11.3 Å². The minimum atomic E-state index is 0.0518. The van der Waals surface area contributed by atoms with Crippen molar-refractivity contribution < 1.29 is 4.74 Å². The van der Waals surface area contributed by atoms with E-state index >= 15 is 0 Å². The minimum absolute atomic E-state index is 0.0518. The minimum Gasteiger partial charge on any atom is -0.377 e. The number of nitrogens with one attached hydrogen (secondary N) is 1. The Kier molecular flexibility index (Phi) is 5.22. The van der Waals surface area contributed by atoms with E-state index in [1.807, 2.05) is 7.11 Å². The molecule has 1 aliphatic carbocycles. The lowest BCUT2D eigenvalue weighted by Gasteiger charge is -2.43. The third-order valence-corrected chi connectivity index (χ3v) is 4.94. The largest absolute Gasteiger partial charge is 0.377 e.